The van der Waals surface area contributed by atoms with Gasteiger partial charge in [0.15, 0.2) is 0 Å². The summed E-state index contributed by atoms with van der Waals surface area (Å²) < 4.78 is 21.5. The standard InChI is InChI=1S/C5H13NO6P2/c1-5(7)6-2-3-13(8,9)4-14(10,11)12/h2-4H2,1H3,(H,6,7)(H,8,9)(H2,10,11,12). The fraction of sp³-hybridized carbons (Fsp3) is 0.800. The van der Waals surface area contributed by atoms with Crippen LogP contribution in [0.25, 0.3) is 0 Å². The first-order chi connectivity index (χ1) is 6.12. The summed E-state index contributed by atoms with van der Waals surface area (Å²) in [5.41, 5.74) is 0. The normalized spacial score (nSPS) is 16.0. The van der Waals surface area contributed by atoms with Crippen molar-refractivity contribution in [3.8, 4) is 0 Å². The number of hydrogen-bond acceptors (Lipinski definition) is 3. The maximum Gasteiger partial charge on any atom is 0.335 e. The van der Waals surface area contributed by atoms with E-state index in [-0.39, 0.29) is 18.6 Å². The fourth-order valence-electron chi connectivity index (χ4n) is 0.765. The number of carbonyl (C=O) groups excluding carboxylic acids is 1. The molecule has 0 aromatic rings. The third-order valence-corrected chi connectivity index (χ3v) is 5.40. The molecule has 0 fully saturated rings. The molecule has 0 heterocycles. The maximum atomic E-state index is 11.1. The second kappa shape index (κ2) is 5.05. The Balaban J connectivity index is 4.03. The van der Waals surface area contributed by atoms with E-state index in [4.69, 9.17) is 14.7 Å². The smallest absolute Gasteiger partial charge is 0.335 e. The molecule has 0 aliphatic rings. The highest BCUT2D eigenvalue weighted by Crippen LogP contribution is 2.54. The van der Waals surface area contributed by atoms with Gasteiger partial charge >= 0.3 is 7.60 Å². The minimum atomic E-state index is -4.48. The first kappa shape index (κ1) is 13.8. The number of hydrogen-bond donors (Lipinski definition) is 4. The summed E-state index contributed by atoms with van der Waals surface area (Å²) in [6.07, 6.45) is -0.336. The summed E-state index contributed by atoms with van der Waals surface area (Å²) in [5, 5.41) is 2.26. The number of nitrogens with one attached hydrogen (secondary N) is 1. The van der Waals surface area contributed by atoms with Gasteiger partial charge in [0.2, 0.25) is 13.3 Å². The molecule has 1 amide bonds. The zero-order chi connectivity index (χ0) is 11.4. The van der Waals surface area contributed by atoms with Gasteiger partial charge in [0, 0.05) is 19.6 Å². The molecule has 4 N–H and O–H groups in total. The number of rotatable bonds is 5. The first-order valence-corrected chi connectivity index (χ1v) is 7.55. The van der Waals surface area contributed by atoms with Crippen molar-refractivity contribution in [1.29, 1.82) is 0 Å². The Bertz CT molecular complexity index is 297. The predicted octanol–water partition coefficient (Wildman–Crippen LogP) is -0.472. The molecule has 0 aromatic carbocycles. The van der Waals surface area contributed by atoms with E-state index in [1.165, 1.54) is 6.92 Å². The van der Waals surface area contributed by atoms with Crippen molar-refractivity contribution >= 4 is 20.9 Å². The predicted molar refractivity (Wildman–Crippen MR) is 50.3 cm³/mol. The van der Waals surface area contributed by atoms with Gasteiger partial charge in [0.05, 0.1) is 0 Å². The summed E-state index contributed by atoms with van der Waals surface area (Å²) in [4.78, 5) is 36.4. The molecule has 0 aliphatic carbocycles. The average molecular weight is 245 g/mol. The van der Waals surface area contributed by atoms with E-state index >= 15 is 0 Å². The average Bonchev–Trinajstić information content (AvgIpc) is 1.78. The Morgan fingerprint density at radius 2 is 1.79 bits per heavy atom. The van der Waals surface area contributed by atoms with E-state index in [2.05, 4.69) is 5.32 Å². The lowest BCUT2D eigenvalue weighted by molar-refractivity contribution is -0.118. The van der Waals surface area contributed by atoms with Crippen LogP contribution in [0, 0.1) is 0 Å². The summed E-state index contributed by atoms with van der Waals surface area (Å²) in [6.45, 7) is 1.17. The molecule has 7 nitrogen and oxygen atoms in total. The van der Waals surface area contributed by atoms with Gasteiger partial charge in [0.25, 0.3) is 0 Å². The highest BCUT2D eigenvalue weighted by atomic mass is 31.2. The van der Waals surface area contributed by atoms with Crippen molar-refractivity contribution < 1.29 is 28.6 Å². The number of carbonyl (C=O) groups is 1. The van der Waals surface area contributed by atoms with Crippen LogP contribution in [0.5, 0.6) is 0 Å². The van der Waals surface area contributed by atoms with E-state index in [0.717, 1.165) is 0 Å². The van der Waals surface area contributed by atoms with Gasteiger partial charge in [-0.15, -0.1) is 0 Å². The molecule has 0 spiro atoms. The van der Waals surface area contributed by atoms with Gasteiger partial charge in [-0.25, -0.2) is 0 Å². The van der Waals surface area contributed by atoms with Crippen molar-refractivity contribution in [2.45, 2.75) is 6.92 Å². The lowest BCUT2D eigenvalue weighted by atomic mass is 10.6. The lowest BCUT2D eigenvalue weighted by Crippen LogP contribution is -2.23. The maximum absolute atomic E-state index is 11.1. The van der Waals surface area contributed by atoms with Gasteiger partial charge in [-0.3, -0.25) is 13.9 Å². The minimum Gasteiger partial charge on any atom is -0.356 e. The second-order valence-corrected chi connectivity index (χ2v) is 7.46. The Morgan fingerprint density at radius 3 is 2.14 bits per heavy atom. The molecule has 0 bridgehead atoms. The van der Waals surface area contributed by atoms with Crippen LogP contribution < -0.4 is 5.32 Å². The Morgan fingerprint density at radius 1 is 1.29 bits per heavy atom. The Kier molecular flexibility index (Phi) is 4.98. The molecular formula is C5H13NO6P2. The van der Waals surface area contributed by atoms with Crippen LogP contribution in [0.15, 0.2) is 0 Å². The molecule has 14 heavy (non-hydrogen) atoms. The van der Waals surface area contributed by atoms with Crippen molar-refractivity contribution in [3.63, 3.8) is 0 Å². The van der Waals surface area contributed by atoms with Crippen LogP contribution in [0.1, 0.15) is 6.92 Å². The van der Waals surface area contributed by atoms with Crippen LogP contribution in [0.4, 0.5) is 0 Å². The highest BCUT2D eigenvalue weighted by molar-refractivity contribution is 7.72. The molecule has 1 atom stereocenters. The largest absolute Gasteiger partial charge is 0.356 e. The molecular weight excluding hydrogens is 232 g/mol. The summed E-state index contributed by atoms with van der Waals surface area (Å²) in [6, 6.07) is 0. The molecule has 0 saturated carbocycles. The van der Waals surface area contributed by atoms with Crippen molar-refractivity contribution in [3.05, 3.63) is 0 Å². The molecule has 9 heteroatoms. The van der Waals surface area contributed by atoms with Crippen molar-refractivity contribution in [2.24, 2.45) is 0 Å². The minimum absolute atomic E-state index is 0.0664. The highest BCUT2D eigenvalue weighted by Gasteiger charge is 2.28. The third kappa shape index (κ3) is 8.41. The Labute approximate surface area is 81.1 Å². The van der Waals surface area contributed by atoms with E-state index < -0.39 is 20.9 Å². The van der Waals surface area contributed by atoms with Crippen LogP contribution in [-0.2, 0) is 13.9 Å². The van der Waals surface area contributed by atoms with Gasteiger partial charge in [-0.2, -0.15) is 0 Å². The van der Waals surface area contributed by atoms with Crippen LogP contribution in [-0.4, -0.2) is 39.2 Å². The summed E-state index contributed by atoms with van der Waals surface area (Å²) in [5.74, 6) is -1.40. The molecule has 0 radical (unpaired) electrons. The van der Waals surface area contributed by atoms with Gasteiger partial charge in [-0.05, 0) is 0 Å². The molecule has 0 saturated heterocycles. The van der Waals surface area contributed by atoms with E-state index in [1.807, 2.05) is 0 Å². The van der Waals surface area contributed by atoms with Crippen LogP contribution >= 0.6 is 15.0 Å². The van der Waals surface area contributed by atoms with Crippen molar-refractivity contribution in [1.82, 2.24) is 5.32 Å². The second-order valence-electron chi connectivity index (χ2n) is 2.86. The third-order valence-electron chi connectivity index (χ3n) is 1.24. The molecule has 0 aliphatic heterocycles. The Hall–Kier alpha value is -0.190. The van der Waals surface area contributed by atoms with Crippen molar-refractivity contribution in [2.75, 3.05) is 18.6 Å². The molecule has 0 rings (SSSR count). The molecule has 1 unspecified atom stereocenters. The zero-order valence-electron chi connectivity index (χ0n) is 7.58. The fourth-order valence-corrected chi connectivity index (χ4v) is 4.10. The van der Waals surface area contributed by atoms with Gasteiger partial charge in [0.1, 0.15) is 5.90 Å². The SMILES string of the molecule is CC(=O)NCCP(=O)(O)CP(=O)(O)O. The molecule has 0 aromatic heterocycles. The van der Waals surface area contributed by atoms with Crippen LogP contribution in [0.2, 0.25) is 0 Å². The van der Waals surface area contributed by atoms with Crippen LogP contribution in [0.3, 0.4) is 0 Å². The zero-order valence-corrected chi connectivity index (χ0v) is 9.37. The summed E-state index contributed by atoms with van der Waals surface area (Å²) in [7, 11) is -8.33. The number of amides is 1. The van der Waals surface area contributed by atoms with E-state index in [9.17, 15) is 13.9 Å². The van der Waals surface area contributed by atoms with E-state index in [1.54, 1.807) is 0 Å². The van der Waals surface area contributed by atoms with Gasteiger partial charge < -0.3 is 20.0 Å². The monoisotopic (exact) mass is 245 g/mol. The van der Waals surface area contributed by atoms with Gasteiger partial charge in [-0.1, -0.05) is 0 Å². The molecule has 84 valence electrons. The summed E-state index contributed by atoms with van der Waals surface area (Å²) >= 11 is 0. The quantitative estimate of drug-likeness (QED) is 0.485. The van der Waals surface area contributed by atoms with E-state index in [0.29, 0.717) is 0 Å². The first-order valence-electron chi connectivity index (χ1n) is 3.72. The topological polar surface area (TPSA) is 124 Å². The lowest BCUT2D eigenvalue weighted by Gasteiger charge is -2.12.